The zero-order chi connectivity index (χ0) is 8.69. The van der Waals surface area contributed by atoms with Crippen LogP contribution in [0.1, 0.15) is 26.7 Å². The highest BCUT2D eigenvalue weighted by atomic mass is 16.5. The minimum absolute atomic E-state index is 0.0347. The van der Waals surface area contributed by atoms with Gasteiger partial charge >= 0.3 is 0 Å². The molecule has 0 radical (unpaired) electrons. The van der Waals surface area contributed by atoms with Crippen LogP contribution in [0.25, 0.3) is 0 Å². The number of rotatable bonds is 6. The molecular weight excluding hydrogens is 144 g/mol. The molecule has 2 atom stereocenters. The second-order valence-corrected chi connectivity index (χ2v) is 2.56. The van der Waals surface area contributed by atoms with Crippen molar-refractivity contribution in [3.63, 3.8) is 0 Å². The number of hydrogen-bond acceptors (Lipinski definition) is 3. The molecule has 0 fully saturated rings. The summed E-state index contributed by atoms with van der Waals surface area (Å²) in [6.07, 6.45) is 1.33. The van der Waals surface area contributed by atoms with E-state index in [0.29, 0.717) is 0 Å². The van der Waals surface area contributed by atoms with Crippen molar-refractivity contribution in [3.05, 3.63) is 0 Å². The molecule has 0 aromatic carbocycles. The molecule has 0 aliphatic rings. The second-order valence-electron chi connectivity index (χ2n) is 2.56. The molecule has 0 aromatic rings. The molecule has 2 N–H and O–H groups in total. The quantitative estimate of drug-likeness (QED) is 0.599. The Morgan fingerprint density at radius 1 is 1.00 bits per heavy atom. The van der Waals surface area contributed by atoms with E-state index in [4.69, 9.17) is 14.9 Å². The first-order chi connectivity index (χ1) is 5.28. The molecule has 0 rings (SSSR count). The van der Waals surface area contributed by atoms with Crippen LogP contribution in [0.2, 0.25) is 0 Å². The summed E-state index contributed by atoms with van der Waals surface area (Å²) in [5.41, 5.74) is 0. The van der Waals surface area contributed by atoms with Crippen molar-refractivity contribution in [1.82, 2.24) is 0 Å². The number of ether oxygens (including phenoxy) is 1. The van der Waals surface area contributed by atoms with Crippen molar-refractivity contribution in [2.75, 3.05) is 13.2 Å². The third-order valence-corrected chi connectivity index (χ3v) is 1.70. The van der Waals surface area contributed by atoms with Crippen molar-refractivity contribution in [1.29, 1.82) is 0 Å². The number of hydrogen-bond donors (Lipinski definition) is 2. The largest absolute Gasteiger partial charge is 0.394 e. The average Bonchev–Trinajstić information content (AvgIpc) is 2.07. The molecule has 3 heteroatoms. The van der Waals surface area contributed by atoms with Crippen LogP contribution in [0, 0.1) is 0 Å². The van der Waals surface area contributed by atoms with Gasteiger partial charge in [0.25, 0.3) is 0 Å². The van der Waals surface area contributed by atoms with E-state index in [1.165, 1.54) is 0 Å². The Labute approximate surface area is 68.0 Å². The minimum atomic E-state index is -0.118. The topological polar surface area (TPSA) is 49.7 Å². The van der Waals surface area contributed by atoms with Crippen molar-refractivity contribution < 1.29 is 14.9 Å². The van der Waals surface area contributed by atoms with Crippen LogP contribution in [0.4, 0.5) is 0 Å². The Bertz CT molecular complexity index is 67.4. The molecule has 0 saturated heterocycles. The minimum Gasteiger partial charge on any atom is -0.394 e. The van der Waals surface area contributed by atoms with E-state index in [0.717, 1.165) is 12.8 Å². The maximum atomic E-state index is 8.76. The summed E-state index contributed by atoms with van der Waals surface area (Å²) in [5.74, 6) is 0. The van der Waals surface area contributed by atoms with Gasteiger partial charge in [-0.3, -0.25) is 0 Å². The average molecular weight is 162 g/mol. The SMILES string of the molecule is CCC(CO)OC(CC)CO. The molecular formula is C8H18O3. The summed E-state index contributed by atoms with van der Waals surface area (Å²) in [6.45, 7) is 3.97. The lowest BCUT2D eigenvalue weighted by atomic mass is 10.2. The zero-order valence-corrected chi connectivity index (χ0v) is 7.29. The lowest BCUT2D eigenvalue weighted by molar-refractivity contribution is -0.0621. The molecule has 0 amide bonds. The third-order valence-electron chi connectivity index (χ3n) is 1.70. The van der Waals surface area contributed by atoms with Crippen molar-refractivity contribution in [3.8, 4) is 0 Å². The van der Waals surface area contributed by atoms with E-state index >= 15 is 0 Å². The predicted octanol–water partition coefficient (Wildman–Crippen LogP) is 0.545. The molecule has 0 spiro atoms. The summed E-state index contributed by atoms with van der Waals surface area (Å²) in [6, 6.07) is 0. The fourth-order valence-corrected chi connectivity index (χ4v) is 0.809. The summed E-state index contributed by atoms with van der Waals surface area (Å²) >= 11 is 0. The Morgan fingerprint density at radius 3 is 1.55 bits per heavy atom. The molecule has 0 heterocycles. The summed E-state index contributed by atoms with van der Waals surface area (Å²) in [4.78, 5) is 0. The van der Waals surface area contributed by atoms with E-state index in [1.807, 2.05) is 13.8 Å². The molecule has 0 aromatic heterocycles. The first-order valence-corrected chi connectivity index (χ1v) is 4.15. The van der Waals surface area contributed by atoms with E-state index < -0.39 is 0 Å². The van der Waals surface area contributed by atoms with Crippen molar-refractivity contribution >= 4 is 0 Å². The molecule has 2 unspecified atom stereocenters. The van der Waals surface area contributed by atoms with Crippen molar-refractivity contribution in [2.45, 2.75) is 38.9 Å². The highest BCUT2D eigenvalue weighted by molar-refractivity contribution is 4.58. The van der Waals surface area contributed by atoms with Gasteiger partial charge in [-0.1, -0.05) is 13.8 Å². The van der Waals surface area contributed by atoms with Gasteiger partial charge in [0.2, 0.25) is 0 Å². The summed E-state index contributed by atoms with van der Waals surface area (Å²) in [7, 11) is 0. The summed E-state index contributed by atoms with van der Waals surface area (Å²) < 4.78 is 5.35. The van der Waals surface area contributed by atoms with Crippen LogP contribution < -0.4 is 0 Å². The van der Waals surface area contributed by atoms with E-state index in [-0.39, 0.29) is 25.4 Å². The van der Waals surface area contributed by atoms with Gasteiger partial charge in [0.05, 0.1) is 25.4 Å². The standard InChI is InChI=1S/C8H18O3/c1-3-7(5-9)11-8(4-2)6-10/h7-10H,3-6H2,1-2H3. The molecule has 68 valence electrons. The van der Waals surface area contributed by atoms with Crippen LogP contribution in [-0.4, -0.2) is 35.6 Å². The van der Waals surface area contributed by atoms with Gasteiger partial charge in [0, 0.05) is 0 Å². The maximum Gasteiger partial charge on any atom is 0.0808 e. The van der Waals surface area contributed by atoms with Crippen LogP contribution in [0.15, 0.2) is 0 Å². The summed E-state index contributed by atoms with van der Waals surface area (Å²) in [5, 5.41) is 17.5. The smallest absolute Gasteiger partial charge is 0.0808 e. The zero-order valence-electron chi connectivity index (χ0n) is 7.29. The highest BCUT2D eigenvalue weighted by Gasteiger charge is 2.11. The van der Waals surface area contributed by atoms with Gasteiger partial charge in [0.15, 0.2) is 0 Å². The maximum absolute atomic E-state index is 8.76. The number of aliphatic hydroxyl groups excluding tert-OH is 2. The molecule has 0 bridgehead atoms. The van der Waals surface area contributed by atoms with Gasteiger partial charge in [-0.05, 0) is 12.8 Å². The van der Waals surface area contributed by atoms with Crippen LogP contribution in [0.5, 0.6) is 0 Å². The Balaban J connectivity index is 3.58. The fraction of sp³-hybridized carbons (Fsp3) is 1.00. The number of aliphatic hydroxyl groups is 2. The van der Waals surface area contributed by atoms with Crippen LogP contribution in [0.3, 0.4) is 0 Å². The van der Waals surface area contributed by atoms with Gasteiger partial charge in [-0.25, -0.2) is 0 Å². The first-order valence-electron chi connectivity index (χ1n) is 4.15. The molecule has 3 nitrogen and oxygen atoms in total. The molecule has 0 aliphatic carbocycles. The van der Waals surface area contributed by atoms with Crippen molar-refractivity contribution in [2.24, 2.45) is 0 Å². The first kappa shape index (κ1) is 10.9. The lowest BCUT2D eigenvalue weighted by Gasteiger charge is -2.19. The molecule has 11 heavy (non-hydrogen) atoms. The predicted molar refractivity (Wildman–Crippen MR) is 43.4 cm³/mol. The monoisotopic (exact) mass is 162 g/mol. The fourth-order valence-electron chi connectivity index (χ4n) is 0.809. The normalized spacial score (nSPS) is 16.4. The second kappa shape index (κ2) is 6.58. The van der Waals surface area contributed by atoms with E-state index in [9.17, 15) is 0 Å². The van der Waals surface area contributed by atoms with E-state index in [1.54, 1.807) is 0 Å². The van der Waals surface area contributed by atoms with Crippen LogP contribution in [-0.2, 0) is 4.74 Å². The van der Waals surface area contributed by atoms with Gasteiger partial charge in [-0.15, -0.1) is 0 Å². The highest BCUT2D eigenvalue weighted by Crippen LogP contribution is 2.04. The Morgan fingerprint density at radius 2 is 1.36 bits per heavy atom. The Hall–Kier alpha value is -0.120. The van der Waals surface area contributed by atoms with Gasteiger partial charge in [-0.2, -0.15) is 0 Å². The lowest BCUT2D eigenvalue weighted by Crippen LogP contribution is -2.26. The third kappa shape index (κ3) is 4.35. The molecule has 0 saturated carbocycles. The molecule has 0 aliphatic heterocycles. The Kier molecular flexibility index (Phi) is 6.51. The van der Waals surface area contributed by atoms with Gasteiger partial charge in [0.1, 0.15) is 0 Å². The van der Waals surface area contributed by atoms with Gasteiger partial charge < -0.3 is 14.9 Å². The van der Waals surface area contributed by atoms with Crippen LogP contribution >= 0.6 is 0 Å². The van der Waals surface area contributed by atoms with E-state index in [2.05, 4.69) is 0 Å².